The van der Waals surface area contributed by atoms with E-state index in [0.717, 1.165) is 0 Å². The molecule has 0 atom stereocenters. The van der Waals surface area contributed by atoms with Gasteiger partial charge in [-0.1, -0.05) is 23.2 Å². The minimum Gasteiger partial charge on any atom is -0.495 e. The third-order valence-corrected chi connectivity index (χ3v) is 4.72. The van der Waals surface area contributed by atoms with E-state index in [9.17, 15) is 9.90 Å². The summed E-state index contributed by atoms with van der Waals surface area (Å²) in [5.41, 5.74) is 0.501. The van der Waals surface area contributed by atoms with Crippen LogP contribution in [0.4, 0.5) is 0 Å². The summed E-state index contributed by atoms with van der Waals surface area (Å²) in [6.07, 6.45) is 1.42. The van der Waals surface area contributed by atoms with Gasteiger partial charge in [0.05, 0.1) is 29.8 Å². The number of methoxy groups -OCH3 is 2. The van der Waals surface area contributed by atoms with Crippen molar-refractivity contribution in [3.63, 3.8) is 0 Å². The largest absolute Gasteiger partial charge is 0.495 e. The fraction of sp³-hybridized carbons (Fsp3) is 0.235. The molecule has 0 bridgehead atoms. The van der Waals surface area contributed by atoms with Crippen molar-refractivity contribution in [2.45, 2.75) is 13.5 Å². The zero-order chi connectivity index (χ0) is 19.0. The molecule has 0 unspecified atom stereocenters. The lowest BCUT2D eigenvalue weighted by Gasteiger charge is -2.16. The fourth-order valence-corrected chi connectivity index (χ4v) is 3.45. The van der Waals surface area contributed by atoms with Crippen LogP contribution in [-0.4, -0.2) is 33.9 Å². The third kappa shape index (κ3) is 2.83. The van der Waals surface area contributed by atoms with Crippen LogP contribution >= 0.6 is 23.2 Å². The molecule has 0 aliphatic rings. The Hall–Kier alpha value is -2.51. The Labute approximate surface area is 158 Å². The summed E-state index contributed by atoms with van der Waals surface area (Å²) in [5, 5.41) is 10.5. The maximum atomic E-state index is 13.1. The van der Waals surface area contributed by atoms with Crippen molar-refractivity contribution >= 4 is 34.2 Å². The van der Waals surface area contributed by atoms with Crippen LogP contribution in [0.2, 0.25) is 10.0 Å². The monoisotopic (exact) mass is 395 g/mol. The van der Waals surface area contributed by atoms with E-state index >= 15 is 0 Å². The second-order valence-electron chi connectivity index (χ2n) is 5.34. The molecular formula is C17H15Cl2N3O4. The summed E-state index contributed by atoms with van der Waals surface area (Å²) >= 11 is 12.9. The van der Waals surface area contributed by atoms with Crippen molar-refractivity contribution in [3.8, 4) is 28.6 Å². The predicted molar refractivity (Wildman–Crippen MR) is 99.7 cm³/mol. The van der Waals surface area contributed by atoms with Crippen LogP contribution in [0.5, 0.6) is 17.5 Å². The number of pyridine rings is 1. The molecule has 0 aliphatic carbocycles. The van der Waals surface area contributed by atoms with Crippen LogP contribution in [0.1, 0.15) is 6.92 Å². The molecule has 3 rings (SSSR count). The number of halogens is 2. The SMILES string of the molecule is CCn1c(=O)c(-c2c(Cl)c(OC)cc(OC)c2Cl)cc2cnc(O)nc21. The zero-order valence-electron chi connectivity index (χ0n) is 14.2. The molecule has 136 valence electrons. The van der Waals surface area contributed by atoms with Gasteiger partial charge in [-0.2, -0.15) is 4.98 Å². The number of rotatable bonds is 4. The van der Waals surface area contributed by atoms with Crippen molar-refractivity contribution < 1.29 is 14.6 Å². The molecule has 2 aromatic heterocycles. The van der Waals surface area contributed by atoms with E-state index in [-0.39, 0.29) is 21.2 Å². The lowest BCUT2D eigenvalue weighted by Crippen LogP contribution is -2.22. The number of hydrogen-bond acceptors (Lipinski definition) is 6. The Morgan fingerprint density at radius 2 is 1.77 bits per heavy atom. The Balaban J connectivity index is 2.45. The summed E-state index contributed by atoms with van der Waals surface area (Å²) in [5.74, 6) is 0.653. The van der Waals surface area contributed by atoms with Gasteiger partial charge >= 0.3 is 6.01 Å². The molecule has 0 saturated heterocycles. The molecule has 3 aromatic rings. The molecule has 0 spiro atoms. The van der Waals surface area contributed by atoms with Gasteiger partial charge in [0.2, 0.25) is 0 Å². The highest BCUT2D eigenvalue weighted by atomic mass is 35.5. The third-order valence-electron chi connectivity index (χ3n) is 3.97. The van der Waals surface area contributed by atoms with Gasteiger partial charge in [-0.25, -0.2) is 4.98 Å². The standard InChI is InChI=1S/C17H15Cl2N3O4/c1-4-22-15-8(7-20-17(24)21-15)5-9(16(22)23)12-13(18)10(25-2)6-11(26-3)14(12)19/h5-7H,4H2,1-3H3,(H,20,21,24). The first-order valence-corrected chi connectivity index (χ1v) is 8.38. The molecule has 0 saturated carbocycles. The van der Waals surface area contributed by atoms with E-state index in [1.54, 1.807) is 19.1 Å². The smallest absolute Gasteiger partial charge is 0.315 e. The second kappa shape index (κ2) is 7.01. The Bertz CT molecular complexity index is 1040. The van der Waals surface area contributed by atoms with E-state index < -0.39 is 6.01 Å². The Morgan fingerprint density at radius 3 is 2.31 bits per heavy atom. The second-order valence-corrected chi connectivity index (χ2v) is 6.10. The van der Waals surface area contributed by atoms with Crippen molar-refractivity contribution in [2.24, 2.45) is 0 Å². The van der Waals surface area contributed by atoms with Crippen LogP contribution in [0.3, 0.4) is 0 Å². The highest BCUT2D eigenvalue weighted by Crippen LogP contribution is 2.45. The maximum absolute atomic E-state index is 13.1. The molecule has 0 aliphatic heterocycles. The number of nitrogens with zero attached hydrogens (tertiary/aromatic N) is 3. The van der Waals surface area contributed by atoms with Gasteiger partial charge in [-0.3, -0.25) is 9.36 Å². The van der Waals surface area contributed by atoms with E-state index in [2.05, 4.69) is 9.97 Å². The molecule has 2 heterocycles. The van der Waals surface area contributed by atoms with E-state index in [0.29, 0.717) is 34.6 Å². The highest BCUT2D eigenvalue weighted by Gasteiger charge is 2.22. The van der Waals surface area contributed by atoms with Gasteiger partial charge in [-0.15, -0.1) is 0 Å². The molecule has 0 amide bonds. The van der Waals surface area contributed by atoms with E-state index in [1.165, 1.54) is 25.0 Å². The van der Waals surface area contributed by atoms with Crippen molar-refractivity contribution in [2.75, 3.05) is 14.2 Å². The van der Waals surface area contributed by atoms with E-state index in [1.807, 2.05) is 0 Å². The lowest BCUT2D eigenvalue weighted by molar-refractivity contribution is 0.395. The normalized spacial score (nSPS) is 11.0. The topological polar surface area (TPSA) is 86.5 Å². The summed E-state index contributed by atoms with van der Waals surface area (Å²) in [6, 6.07) is 2.72. The van der Waals surface area contributed by atoms with Gasteiger partial charge in [0.1, 0.15) is 17.1 Å². The molecule has 0 radical (unpaired) electrons. The Morgan fingerprint density at radius 1 is 1.15 bits per heavy atom. The molecule has 7 nitrogen and oxygen atoms in total. The average Bonchev–Trinajstić information content (AvgIpc) is 2.63. The molecule has 1 aromatic carbocycles. The van der Waals surface area contributed by atoms with Crippen LogP contribution in [0, 0.1) is 0 Å². The van der Waals surface area contributed by atoms with E-state index in [4.69, 9.17) is 32.7 Å². The summed E-state index contributed by atoms with van der Waals surface area (Å²) < 4.78 is 11.9. The molecule has 0 fully saturated rings. The first-order chi connectivity index (χ1) is 12.4. The quantitative estimate of drug-likeness (QED) is 0.727. The van der Waals surface area contributed by atoms with Crippen molar-refractivity contribution in [1.29, 1.82) is 0 Å². The number of aromatic hydroxyl groups is 1. The lowest BCUT2D eigenvalue weighted by atomic mass is 10.0. The average molecular weight is 396 g/mol. The summed E-state index contributed by atoms with van der Waals surface area (Å²) in [7, 11) is 2.92. The minimum atomic E-state index is -0.411. The number of hydrogen-bond donors (Lipinski definition) is 1. The predicted octanol–water partition coefficient (Wildman–Crippen LogP) is 3.51. The molecule has 9 heteroatoms. The van der Waals surface area contributed by atoms with Gasteiger partial charge < -0.3 is 14.6 Å². The van der Waals surface area contributed by atoms with Crippen molar-refractivity contribution in [3.05, 3.63) is 38.7 Å². The summed E-state index contributed by atoms with van der Waals surface area (Å²) in [4.78, 5) is 20.8. The van der Waals surface area contributed by atoms with Gasteiger partial charge in [0.25, 0.3) is 5.56 Å². The molecule has 1 N–H and O–H groups in total. The minimum absolute atomic E-state index is 0.192. The van der Waals surface area contributed by atoms with Crippen LogP contribution < -0.4 is 15.0 Å². The maximum Gasteiger partial charge on any atom is 0.315 e. The van der Waals surface area contributed by atoms with Gasteiger partial charge in [0, 0.05) is 29.8 Å². The van der Waals surface area contributed by atoms with Crippen LogP contribution in [0.25, 0.3) is 22.2 Å². The summed E-state index contributed by atoms with van der Waals surface area (Å²) in [6.45, 7) is 2.12. The number of fused-ring (bicyclic) bond motifs is 1. The number of ether oxygens (including phenoxy) is 2. The van der Waals surface area contributed by atoms with Gasteiger partial charge in [0.15, 0.2) is 0 Å². The first-order valence-electron chi connectivity index (χ1n) is 7.62. The number of aromatic nitrogens is 3. The zero-order valence-corrected chi connectivity index (χ0v) is 15.7. The molecular weight excluding hydrogens is 381 g/mol. The first kappa shape index (κ1) is 18.3. The van der Waals surface area contributed by atoms with Crippen molar-refractivity contribution in [1.82, 2.24) is 14.5 Å². The Kier molecular flexibility index (Phi) is 4.93. The number of aryl methyl sites for hydroxylation is 1. The number of benzene rings is 1. The van der Waals surface area contributed by atoms with Gasteiger partial charge in [-0.05, 0) is 13.0 Å². The highest BCUT2D eigenvalue weighted by molar-refractivity contribution is 6.41. The van der Waals surface area contributed by atoms with Crippen LogP contribution in [0.15, 0.2) is 23.1 Å². The van der Waals surface area contributed by atoms with Crippen LogP contribution in [-0.2, 0) is 6.54 Å². The fourth-order valence-electron chi connectivity index (χ4n) is 2.74. The molecule has 26 heavy (non-hydrogen) atoms.